The van der Waals surface area contributed by atoms with Crippen molar-refractivity contribution in [3.8, 4) is 0 Å². The summed E-state index contributed by atoms with van der Waals surface area (Å²) in [5.74, 6) is 0.915. The van der Waals surface area contributed by atoms with Crippen molar-refractivity contribution in [3.05, 3.63) is 34.9 Å². The van der Waals surface area contributed by atoms with Crippen molar-refractivity contribution in [1.82, 2.24) is 10.2 Å². The fraction of sp³-hybridized carbons (Fsp3) is 0.647. The van der Waals surface area contributed by atoms with Crippen LogP contribution in [0.25, 0.3) is 0 Å². The molecule has 1 fully saturated rings. The summed E-state index contributed by atoms with van der Waals surface area (Å²) in [5.41, 5.74) is 4.57. The van der Waals surface area contributed by atoms with Crippen molar-refractivity contribution in [3.63, 3.8) is 0 Å². The van der Waals surface area contributed by atoms with E-state index in [1.807, 2.05) is 0 Å². The molecule has 1 unspecified atom stereocenters. The SMILES string of the molecule is CC1CCCN(Cc2ccc3c(c2)CNCC3)CC1. The number of nitrogens with one attached hydrogen (secondary N) is 1. The first kappa shape index (κ1) is 13.1. The molecule has 0 spiro atoms. The lowest BCUT2D eigenvalue weighted by Gasteiger charge is -2.22. The molecule has 104 valence electrons. The lowest BCUT2D eigenvalue weighted by molar-refractivity contribution is 0.273. The number of fused-ring (bicyclic) bond motifs is 1. The summed E-state index contributed by atoms with van der Waals surface area (Å²) >= 11 is 0. The molecule has 2 heterocycles. The van der Waals surface area contributed by atoms with Crippen LogP contribution in [0.5, 0.6) is 0 Å². The molecule has 1 saturated heterocycles. The van der Waals surface area contributed by atoms with Crippen molar-refractivity contribution in [1.29, 1.82) is 0 Å². The molecule has 0 radical (unpaired) electrons. The molecular weight excluding hydrogens is 232 g/mol. The second-order valence-corrected chi connectivity index (χ2v) is 6.34. The molecular formula is C17H26N2. The van der Waals surface area contributed by atoms with Crippen LogP contribution in [0.4, 0.5) is 0 Å². The van der Waals surface area contributed by atoms with Gasteiger partial charge in [0.05, 0.1) is 0 Å². The second-order valence-electron chi connectivity index (χ2n) is 6.34. The van der Waals surface area contributed by atoms with Gasteiger partial charge >= 0.3 is 0 Å². The molecule has 1 atom stereocenters. The van der Waals surface area contributed by atoms with Gasteiger partial charge in [0, 0.05) is 13.1 Å². The number of hydrogen-bond acceptors (Lipinski definition) is 2. The van der Waals surface area contributed by atoms with Crippen LogP contribution < -0.4 is 5.32 Å². The van der Waals surface area contributed by atoms with Crippen molar-refractivity contribution in [2.75, 3.05) is 19.6 Å². The third-order valence-corrected chi connectivity index (χ3v) is 4.67. The van der Waals surface area contributed by atoms with Crippen molar-refractivity contribution < 1.29 is 0 Å². The predicted molar refractivity (Wildman–Crippen MR) is 80.1 cm³/mol. The fourth-order valence-corrected chi connectivity index (χ4v) is 3.37. The highest BCUT2D eigenvalue weighted by atomic mass is 15.1. The van der Waals surface area contributed by atoms with Crippen LogP contribution in [-0.2, 0) is 19.5 Å². The van der Waals surface area contributed by atoms with E-state index < -0.39 is 0 Å². The average Bonchev–Trinajstić information content (AvgIpc) is 2.64. The Labute approximate surface area is 117 Å². The summed E-state index contributed by atoms with van der Waals surface area (Å²) in [7, 11) is 0. The molecule has 1 aromatic rings. The minimum atomic E-state index is 0.915. The molecule has 0 amide bonds. The number of hydrogen-bond donors (Lipinski definition) is 1. The average molecular weight is 258 g/mol. The van der Waals surface area contributed by atoms with E-state index in [0.717, 1.165) is 25.6 Å². The summed E-state index contributed by atoms with van der Waals surface area (Å²) in [5, 5.41) is 3.47. The van der Waals surface area contributed by atoms with Crippen LogP contribution in [0.2, 0.25) is 0 Å². The highest BCUT2D eigenvalue weighted by molar-refractivity contribution is 5.33. The van der Waals surface area contributed by atoms with E-state index in [9.17, 15) is 0 Å². The van der Waals surface area contributed by atoms with Gasteiger partial charge < -0.3 is 5.32 Å². The van der Waals surface area contributed by atoms with Crippen LogP contribution >= 0.6 is 0 Å². The molecule has 3 rings (SSSR count). The van der Waals surface area contributed by atoms with Gasteiger partial charge in [-0.15, -0.1) is 0 Å². The van der Waals surface area contributed by atoms with Gasteiger partial charge in [-0.25, -0.2) is 0 Å². The predicted octanol–water partition coefficient (Wildman–Crippen LogP) is 2.95. The van der Waals surface area contributed by atoms with E-state index in [1.165, 1.54) is 49.9 Å². The van der Waals surface area contributed by atoms with Crippen LogP contribution in [0, 0.1) is 5.92 Å². The molecule has 0 aliphatic carbocycles. The standard InChI is InChI=1S/C17H26N2/c1-14-3-2-9-19(10-7-14)13-15-4-5-16-6-8-18-12-17(16)11-15/h4-5,11,14,18H,2-3,6-10,12-13H2,1H3. The zero-order chi connectivity index (χ0) is 13.1. The van der Waals surface area contributed by atoms with Crippen LogP contribution in [0.3, 0.4) is 0 Å². The fourth-order valence-electron chi connectivity index (χ4n) is 3.37. The van der Waals surface area contributed by atoms with E-state index >= 15 is 0 Å². The topological polar surface area (TPSA) is 15.3 Å². The van der Waals surface area contributed by atoms with Gasteiger partial charge in [0.15, 0.2) is 0 Å². The van der Waals surface area contributed by atoms with Gasteiger partial charge in [-0.1, -0.05) is 25.1 Å². The Morgan fingerprint density at radius 3 is 3.11 bits per heavy atom. The quantitative estimate of drug-likeness (QED) is 0.877. The Morgan fingerprint density at radius 2 is 2.16 bits per heavy atom. The molecule has 2 aliphatic heterocycles. The van der Waals surface area contributed by atoms with Crippen molar-refractivity contribution in [2.24, 2.45) is 5.92 Å². The van der Waals surface area contributed by atoms with Crippen molar-refractivity contribution >= 4 is 0 Å². The maximum absolute atomic E-state index is 3.47. The summed E-state index contributed by atoms with van der Waals surface area (Å²) < 4.78 is 0. The normalized spacial score (nSPS) is 24.8. The summed E-state index contributed by atoms with van der Waals surface area (Å²) in [4.78, 5) is 2.64. The zero-order valence-corrected chi connectivity index (χ0v) is 12.1. The molecule has 0 bridgehead atoms. The lowest BCUT2D eigenvalue weighted by atomic mass is 9.98. The Balaban J connectivity index is 1.66. The summed E-state index contributed by atoms with van der Waals surface area (Å²) in [6, 6.07) is 7.13. The Hall–Kier alpha value is -0.860. The van der Waals surface area contributed by atoms with Crippen molar-refractivity contribution in [2.45, 2.75) is 45.7 Å². The minimum absolute atomic E-state index is 0.915. The molecule has 0 aromatic heterocycles. The summed E-state index contributed by atoms with van der Waals surface area (Å²) in [6.45, 7) is 8.28. The van der Waals surface area contributed by atoms with E-state index in [2.05, 4.69) is 35.3 Å². The van der Waals surface area contributed by atoms with Crippen LogP contribution in [0.1, 0.15) is 42.9 Å². The number of nitrogens with zero attached hydrogens (tertiary/aromatic N) is 1. The molecule has 2 heteroatoms. The van der Waals surface area contributed by atoms with E-state index in [1.54, 1.807) is 5.56 Å². The van der Waals surface area contributed by atoms with E-state index in [-0.39, 0.29) is 0 Å². The molecule has 2 aliphatic rings. The van der Waals surface area contributed by atoms with Gasteiger partial charge in [-0.05, 0) is 67.9 Å². The van der Waals surface area contributed by atoms with E-state index in [4.69, 9.17) is 0 Å². The number of benzene rings is 1. The van der Waals surface area contributed by atoms with E-state index in [0.29, 0.717) is 0 Å². The van der Waals surface area contributed by atoms with Crippen LogP contribution in [0.15, 0.2) is 18.2 Å². The third kappa shape index (κ3) is 3.37. The second kappa shape index (κ2) is 6.06. The maximum Gasteiger partial charge on any atom is 0.0233 e. The van der Waals surface area contributed by atoms with Gasteiger partial charge in [0.1, 0.15) is 0 Å². The third-order valence-electron chi connectivity index (χ3n) is 4.67. The zero-order valence-electron chi connectivity index (χ0n) is 12.1. The molecule has 1 aromatic carbocycles. The highest BCUT2D eigenvalue weighted by Gasteiger charge is 2.15. The summed E-state index contributed by atoms with van der Waals surface area (Å²) in [6.07, 6.45) is 5.33. The molecule has 19 heavy (non-hydrogen) atoms. The first-order valence-corrected chi connectivity index (χ1v) is 7.85. The Morgan fingerprint density at radius 1 is 1.21 bits per heavy atom. The van der Waals surface area contributed by atoms with Gasteiger partial charge in [0.2, 0.25) is 0 Å². The monoisotopic (exact) mass is 258 g/mol. The van der Waals surface area contributed by atoms with Gasteiger partial charge in [-0.3, -0.25) is 4.90 Å². The molecule has 0 saturated carbocycles. The van der Waals surface area contributed by atoms with Gasteiger partial charge in [0.25, 0.3) is 0 Å². The smallest absolute Gasteiger partial charge is 0.0233 e. The number of likely N-dealkylation sites (tertiary alicyclic amines) is 1. The Kier molecular flexibility index (Phi) is 4.19. The first-order valence-electron chi connectivity index (χ1n) is 7.85. The lowest BCUT2D eigenvalue weighted by Crippen LogP contribution is -2.26. The number of rotatable bonds is 2. The first-order chi connectivity index (χ1) is 9.31. The molecule has 2 nitrogen and oxygen atoms in total. The molecule has 1 N–H and O–H groups in total. The van der Waals surface area contributed by atoms with Gasteiger partial charge in [-0.2, -0.15) is 0 Å². The largest absolute Gasteiger partial charge is 0.312 e. The maximum atomic E-state index is 3.47. The Bertz CT molecular complexity index is 427. The minimum Gasteiger partial charge on any atom is -0.312 e. The highest BCUT2D eigenvalue weighted by Crippen LogP contribution is 2.20. The van der Waals surface area contributed by atoms with Crippen LogP contribution in [-0.4, -0.2) is 24.5 Å².